The topological polar surface area (TPSA) is 41.1 Å². The molecule has 1 fully saturated rings. The van der Waals surface area contributed by atoms with Gasteiger partial charge >= 0.3 is 0 Å². The average Bonchev–Trinajstić information content (AvgIpc) is 2.28. The number of carbonyl (C=O) groups excluding carboxylic acids is 1. The Labute approximate surface area is 99.4 Å². The molecule has 0 aliphatic heterocycles. The van der Waals surface area contributed by atoms with E-state index in [1.54, 1.807) is 0 Å². The van der Waals surface area contributed by atoms with Crippen LogP contribution in [0, 0.1) is 11.8 Å². The van der Waals surface area contributed by atoms with E-state index in [0.717, 1.165) is 6.42 Å². The van der Waals surface area contributed by atoms with Gasteiger partial charge < -0.3 is 10.6 Å². The minimum Gasteiger partial charge on any atom is -0.352 e. The molecule has 0 heterocycles. The van der Waals surface area contributed by atoms with E-state index < -0.39 is 0 Å². The first-order chi connectivity index (χ1) is 7.56. The fourth-order valence-electron chi connectivity index (χ4n) is 2.58. The molecule has 3 unspecified atom stereocenters. The number of carbonyl (C=O) groups is 1. The van der Waals surface area contributed by atoms with Crippen molar-refractivity contribution < 1.29 is 4.79 Å². The third kappa shape index (κ3) is 3.48. The molecule has 0 spiro atoms. The van der Waals surface area contributed by atoms with Crippen LogP contribution in [0.3, 0.4) is 0 Å². The van der Waals surface area contributed by atoms with E-state index >= 15 is 0 Å². The lowest BCUT2D eigenvalue weighted by Crippen LogP contribution is -2.49. The van der Waals surface area contributed by atoms with E-state index in [-0.39, 0.29) is 11.9 Å². The second kappa shape index (κ2) is 6.24. The molecular weight excluding hydrogens is 200 g/mol. The maximum Gasteiger partial charge on any atom is 0.237 e. The Kier molecular flexibility index (Phi) is 5.26. The van der Waals surface area contributed by atoms with E-state index in [9.17, 15) is 4.79 Å². The summed E-state index contributed by atoms with van der Waals surface area (Å²) in [6.07, 6.45) is 4.97. The van der Waals surface area contributed by atoms with Crippen LogP contribution in [0.1, 0.15) is 46.5 Å². The predicted octanol–water partition coefficient (Wildman–Crippen LogP) is 1.93. The smallest absolute Gasteiger partial charge is 0.237 e. The Morgan fingerprint density at radius 2 is 1.81 bits per heavy atom. The highest BCUT2D eigenvalue weighted by atomic mass is 16.2. The van der Waals surface area contributed by atoms with E-state index in [1.165, 1.54) is 19.3 Å². The van der Waals surface area contributed by atoms with Crippen LogP contribution in [0.25, 0.3) is 0 Å². The molecule has 0 saturated heterocycles. The Morgan fingerprint density at radius 1 is 1.19 bits per heavy atom. The molecule has 16 heavy (non-hydrogen) atoms. The highest BCUT2D eigenvalue weighted by Gasteiger charge is 2.29. The molecule has 3 atom stereocenters. The molecule has 0 aromatic rings. The van der Waals surface area contributed by atoms with Crippen molar-refractivity contribution in [1.82, 2.24) is 10.6 Å². The van der Waals surface area contributed by atoms with Crippen LogP contribution in [-0.2, 0) is 4.79 Å². The Bertz CT molecular complexity index is 228. The molecule has 94 valence electrons. The SMILES string of the molecule is CNC(C)C(=O)NC1CCCCC1C(C)C. The Hall–Kier alpha value is -0.570. The summed E-state index contributed by atoms with van der Waals surface area (Å²) in [6, 6.07) is 0.298. The molecule has 1 rings (SSSR count). The van der Waals surface area contributed by atoms with Crippen molar-refractivity contribution in [3.05, 3.63) is 0 Å². The van der Waals surface area contributed by atoms with Gasteiger partial charge in [-0.1, -0.05) is 26.7 Å². The lowest BCUT2D eigenvalue weighted by atomic mass is 9.78. The number of hydrogen-bond donors (Lipinski definition) is 2. The lowest BCUT2D eigenvalue weighted by molar-refractivity contribution is -0.124. The van der Waals surface area contributed by atoms with Crippen molar-refractivity contribution in [1.29, 1.82) is 0 Å². The number of nitrogens with one attached hydrogen (secondary N) is 2. The van der Waals surface area contributed by atoms with Crippen LogP contribution < -0.4 is 10.6 Å². The monoisotopic (exact) mass is 226 g/mol. The molecule has 0 aromatic heterocycles. The van der Waals surface area contributed by atoms with E-state index in [4.69, 9.17) is 0 Å². The summed E-state index contributed by atoms with van der Waals surface area (Å²) in [4.78, 5) is 11.8. The van der Waals surface area contributed by atoms with Crippen LogP contribution in [-0.4, -0.2) is 25.0 Å². The van der Waals surface area contributed by atoms with Gasteiger partial charge in [0, 0.05) is 6.04 Å². The van der Waals surface area contributed by atoms with Crippen molar-refractivity contribution in [2.24, 2.45) is 11.8 Å². The van der Waals surface area contributed by atoms with Gasteiger partial charge in [0.25, 0.3) is 0 Å². The van der Waals surface area contributed by atoms with Crippen molar-refractivity contribution in [2.45, 2.75) is 58.5 Å². The molecule has 3 heteroatoms. The highest BCUT2D eigenvalue weighted by Crippen LogP contribution is 2.30. The first-order valence-electron chi connectivity index (χ1n) is 6.54. The first-order valence-corrected chi connectivity index (χ1v) is 6.54. The molecular formula is C13H26N2O. The molecule has 1 aliphatic rings. The van der Waals surface area contributed by atoms with Crippen molar-refractivity contribution >= 4 is 5.91 Å². The number of amides is 1. The summed E-state index contributed by atoms with van der Waals surface area (Å²) < 4.78 is 0. The van der Waals surface area contributed by atoms with Gasteiger partial charge in [0.2, 0.25) is 5.91 Å². The van der Waals surface area contributed by atoms with E-state index in [1.807, 2.05) is 14.0 Å². The summed E-state index contributed by atoms with van der Waals surface area (Å²) in [5.41, 5.74) is 0. The number of hydrogen-bond acceptors (Lipinski definition) is 2. The van der Waals surface area contributed by atoms with E-state index in [2.05, 4.69) is 24.5 Å². The molecule has 3 nitrogen and oxygen atoms in total. The van der Waals surface area contributed by atoms with Gasteiger partial charge in [-0.05, 0) is 38.6 Å². The van der Waals surface area contributed by atoms with Gasteiger partial charge in [0.15, 0.2) is 0 Å². The summed E-state index contributed by atoms with van der Waals surface area (Å²) in [5, 5.41) is 6.19. The van der Waals surface area contributed by atoms with Crippen molar-refractivity contribution in [3.63, 3.8) is 0 Å². The molecule has 0 aromatic carbocycles. The third-order valence-corrected chi connectivity index (χ3v) is 3.83. The van der Waals surface area contributed by atoms with Crippen LogP contribution in [0.2, 0.25) is 0 Å². The number of rotatable bonds is 4. The predicted molar refractivity (Wildman–Crippen MR) is 67.2 cm³/mol. The van der Waals surface area contributed by atoms with Crippen LogP contribution in [0.15, 0.2) is 0 Å². The van der Waals surface area contributed by atoms with Crippen LogP contribution in [0.5, 0.6) is 0 Å². The standard InChI is InChI=1S/C13H26N2O/c1-9(2)11-7-5-6-8-12(11)15-13(16)10(3)14-4/h9-12,14H,5-8H2,1-4H3,(H,15,16). The largest absolute Gasteiger partial charge is 0.352 e. The molecule has 2 N–H and O–H groups in total. The normalized spacial score (nSPS) is 27.8. The van der Waals surface area contributed by atoms with Gasteiger partial charge in [0.1, 0.15) is 0 Å². The molecule has 1 saturated carbocycles. The average molecular weight is 226 g/mol. The maximum atomic E-state index is 11.8. The molecule has 0 bridgehead atoms. The Morgan fingerprint density at radius 3 is 2.38 bits per heavy atom. The van der Waals surface area contributed by atoms with Crippen molar-refractivity contribution in [2.75, 3.05) is 7.05 Å². The minimum absolute atomic E-state index is 0.0882. The summed E-state index contributed by atoms with van der Waals surface area (Å²) in [7, 11) is 1.82. The molecule has 1 amide bonds. The van der Waals surface area contributed by atoms with E-state index in [0.29, 0.717) is 17.9 Å². The zero-order chi connectivity index (χ0) is 12.1. The lowest BCUT2D eigenvalue weighted by Gasteiger charge is -2.35. The second-order valence-electron chi connectivity index (χ2n) is 5.32. The Balaban J connectivity index is 2.52. The van der Waals surface area contributed by atoms with Crippen molar-refractivity contribution in [3.8, 4) is 0 Å². The summed E-state index contributed by atoms with van der Waals surface area (Å²) >= 11 is 0. The zero-order valence-electron chi connectivity index (χ0n) is 11.0. The van der Waals surface area contributed by atoms with Gasteiger partial charge in [-0.15, -0.1) is 0 Å². The third-order valence-electron chi connectivity index (χ3n) is 3.83. The fraction of sp³-hybridized carbons (Fsp3) is 0.923. The van der Waals surface area contributed by atoms with Gasteiger partial charge in [-0.3, -0.25) is 4.79 Å². The van der Waals surface area contributed by atoms with Gasteiger partial charge in [0.05, 0.1) is 6.04 Å². The minimum atomic E-state index is -0.0882. The fourth-order valence-corrected chi connectivity index (χ4v) is 2.58. The van der Waals surface area contributed by atoms with Gasteiger partial charge in [-0.2, -0.15) is 0 Å². The second-order valence-corrected chi connectivity index (χ2v) is 5.32. The summed E-state index contributed by atoms with van der Waals surface area (Å²) in [5.74, 6) is 1.46. The number of likely N-dealkylation sites (N-methyl/N-ethyl adjacent to an activating group) is 1. The quantitative estimate of drug-likeness (QED) is 0.769. The van der Waals surface area contributed by atoms with Gasteiger partial charge in [-0.25, -0.2) is 0 Å². The zero-order valence-corrected chi connectivity index (χ0v) is 11.0. The van der Waals surface area contributed by atoms with Crippen LogP contribution in [0.4, 0.5) is 0 Å². The highest BCUT2D eigenvalue weighted by molar-refractivity contribution is 5.81. The first kappa shape index (κ1) is 13.5. The summed E-state index contributed by atoms with van der Waals surface area (Å²) in [6.45, 7) is 6.43. The maximum absolute atomic E-state index is 11.8. The van der Waals surface area contributed by atoms with Crippen LogP contribution >= 0.6 is 0 Å². The molecule has 1 aliphatic carbocycles. The molecule has 0 radical (unpaired) electrons.